The molecule has 6 nitrogen and oxygen atoms in total. The fourth-order valence-electron chi connectivity index (χ4n) is 3.52. The van der Waals surface area contributed by atoms with E-state index in [2.05, 4.69) is 10.6 Å². The number of amides is 3. The van der Waals surface area contributed by atoms with Crippen molar-refractivity contribution in [2.75, 3.05) is 23.7 Å². The van der Waals surface area contributed by atoms with Crippen LogP contribution in [0.15, 0.2) is 42.5 Å². The molecule has 1 saturated heterocycles. The monoisotopic (exact) mass is 393 g/mol. The Hall–Kier alpha value is -3.15. The van der Waals surface area contributed by atoms with Crippen LogP contribution in [-0.2, 0) is 9.59 Å². The van der Waals surface area contributed by atoms with E-state index in [1.54, 1.807) is 24.3 Å². The van der Waals surface area contributed by atoms with Crippen LogP contribution in [0.4, 0.5) is 11.4 Å². The molecule has 0 unspecified atom stereocenters. The van der Waals surface area contributed by atoms with E-state index in [9.17, 15) is 14.4 Å². The molecule has 0 radical (unpaired) electrons. The predicted molar refractivity (Wildman–Crippen MR) is 114 cm³/mol. The molecule has 1 aliphatic heterocycles. The lowest BCUT2D eigenvalue weighted by Crippen LogP contribution is -2.41. The standard InChI is InChI=1S/C23H27N3O3/c1-15-7-8-19(13-16(15)2)23(29)26-11-9-18(10-12-26)22(28)25-21-6-4-5-20(14-21)24-17(3)27/h4-8,13-14,18H,9-12H2,1-3H3,(H,24,27)(H,25,28). The first-order valence-electron chi connectivity index (χ1n) is 9.88. The van der Waals surface area contributed by atoms with Crippen LogP contribution in [0.2, 0.25) is 0 Å². The van der Waals surface area contributed by atoms with Gasteiger partial charge in [-0.1, -0.05) is 12.1 Å². The fraction of sp³-hybridized carbons (Fsp3) is 0.348. The number of hydrogen-bond acceptors (Lipinski definition) is 3. The topological polar surface area (TPSA) is 78.5 Å². The molecule has 1 fully saturated rings. The second kappa shape index (κ2) is 8.90. The van der Waals surface area contributed by atoms with Crippen LogP contribution >= 0.6 is 0 Å². The number of benzene rings is 2. The van der Waals surface area contributed by atoms with Gasteiger partial charge in [0.1, 0.15) is 0 Å². The van der Waals surface area contributed by atoms with Crippen molar-refractivity contribution in [2.24, 2.45) is 5.92 Å². The molecule has 29 heavy (non-hydrogen) atoms. The highest BCUT2D eigenvalue weighted by Crippen LogP contribution is 2.23. The number of nitrogens with zero attached hydrogens (tertiary/aromatic N) is 1. The zero-order valence-electron chi connectivity index (χ0n) is 17.1. The molecule has 3 rings (SSSR count). The number of anilines is 2. The third kappa shape index (κ3) is 5.22. The maximum Gasteiger partial charge on any atom is 0.253 e. The molecule has 0 atom stereocenters. The van der Waals surface area contributed by atoms with Crippen molar-refractivity contribution in [1.82, 2.24) is 4.90 Å². The number of likely N-dealkylation sites (tertiary alicyclic amines) is 1. The van der Waals surface area contributed by atoms with Crippen LogP contribution in [0.3, 0.4) is 0 Å². The van der Waals surface area contributed by atoms with Crippen molar-refractivity contribution in [3.8, 4) is 0 Å². The Morgan fingerprint density at radius 2 is 1.55 bits per heavy atom. The number of carbonyl (C=O) groups excluding carboxylic acids is 3. The third-order valence-electron chi connectivity index (χ3n) is 5.36. The lowest BCUT2D eigenvalue weighted by atomic mass is 9.95. The summed E-state index contributed by atoms with van der Waals surface area (Å²) in [5, 5.41) is 5.63. The Labute approximate surface area is 171 Å². The Bertz CT molecular complexity index is 931. The van der Waals surface area contributed by atoms with E-state index in [0.29, 0.717) is 42.9 Å². The van der Waals surface area contributed by atoms with E-state index in [4.69, 9.17) is 0 Å². The van der Waals surface area contributed by atoms with Crippen molar-refractivity contribution >= 4 is 29.1 Å². The number of hydrogen-bond donors (Lipinski definition) is 2. The number of rotatable bonds is 4. The van der Waals surface area contributed by atoms with Gasteiger partial charge >= 0.3 is 0 Å². The highest BCUT2D eigenvalue weighted by molar-refractivity contribution is 5.96. The molecule has 3 amide bonds. The Morgan fingerprint density at radius 1 is 0.897 bits per heavy atom. The van der Waals surface area contributed by atoms with Gasteiger partial charge in [0.25, 0.3) is 5.91 Å². The molecule has 0 aliphatic carbocycles. The van der Waals surface area contributed by atoms with E-state index < -0.39 is 0 Å². The minimum atomic E-state index is -0.158. The molecular weight excluding hydrogens is 366 g/mol. The zero-order valence-corrected chi connectivity index (χ0v) is 17.1. The van der Waals surface area contributed by atoms with Gasteiger partial charge in [-0.05, 0) is 68.1 Å². The van der Waals surface area contributed by atoms with Crippen LogP contribution in [0.1, 0.15) is 41.3 Å². The summed E-state index contributed by atoms with van der Waals surface area (Å²) >= 11 is 0. The maximum absolute atomic E-state index is 12.7. The third-order valence-corrected chi connectivity index (χ3v) is 5.36. The smallest absolute Gasteiger partial charge is 0.253 e. The van der Waals surface area contributed by atoms with Gasteiger partial charge in [-0.25, -0.2) is 0 Å². The molecular formula is C23H27N3O3. The number of carbonyl (C=O) groups is 3. The van der Waals surface area contributed by atoms with E-state index >= 15 is 0 Å². The Kier molecular flexibility index (Phi) is 6.32. The first-order chi connectivity index (χ1) is 13.8. The quantitative estimate of drug-likeness (QED) is 0.830. The molecule has 0 aromatic heterocycles. The van der Waals surface area contributed by atoms with Gasteiger partial charge in [-0.3, -0.25) is 14.4 Å². The van der Waals surface area contributed by atoms with E-state index in [0.717, 1.165) is 5.56 Å². The molecule has 2 aromatic carbocycles. The average Bonchev–Trinajstić information content (AvgIpc) is 2.69. The number of nitrogens with one attached hydrogen (secondary N) is 2. The molecule has 1 aliphatic rings. The van der Waals surface area contributed by atoms with Crippen molar-refractivity contribution in [1.29, 1.82) is 0 Å². The lowest BCUT2D eigenvalue weighted by Gasteiger charge is -2.31. The fourth-order valence-corrected chi connectivity index (χ4v) is 3.52. The molecule has 6 heteroatoms. The second-order valence-corrected chi connectivity index (χ2v) is 7.62. The highest BCUT2D eigenvalue weighted by atomic mass is 16.2. The van der Waals surface area contributed by atoms with Crippen molar-refractivity contribution in [3.63, 3.8) is 0 Å². The van der Waals surface area contributed by atoms with Crippen molar-refractivity contribution < 1.29 is 14.4 Å². The van der Waals surface area contributed by atoms with Crippen molar-refractivity contribution in [2.45, 2.75) is 33.6 Å². The molecule has 0 bridgehead atoms. The molecule has 2 N–H and O–H groups in total. The van der Waals surface area contributed by atoms with E-state index in [1.165, 1.54) is 12.5 Å². The average molecular weight is 393 g/mol. The van der Waals surface area contributed by atoms with Gasteiger partial charge < -0.3 is 15.5 Å². The summed E-state index contributed by atoms with van der Waals surface area (Å²) in [6.07, 6.45) is 1.27. The predicted octanol–water partition coefficient (Wildman–Crippen LogP) is 3.75. The van der Waals surface area contributed by atoms with Gasteiger partial charge in [0.15, 0.2) is 0 Å². The first kappa shape index (κ1) is 20.6. The van der Waals surface area contributed by atoms with Crippen molar-refractivity contribution in [3.05, 3.63) is 59.2 Å². The SMILES string of the molecule is CC(=O)Nc1cccc(NC(=O)C2CCN(C(=O)c3ccc(C)c(C)c3)CC2)c1. The van der Waals surface area contributed by atoms with Gasteiger partial charge in [-0.15, -0.1) is 0 Å². The van der Waals surface area contributed by atoms with Gasteiger partial charge in [0, 0.05) is 42.9 Å². The summed E-state index contributed by atoms with van der Waals surface area (Å²) in [6, 6.07) is 12.8. The molecule has 0 saturated carbocycles. The van der Waals surface area contributed by atoms with E-state index in [-0.39, 0.29) is 23.6 Å². The molecule has 152 valence electrons. The van der Waals surface area contributed by atoms with Gasteiger partial charge in [0.2, 0.25) is 11.8 Å². The number of piperidine rings is 1. The minimum absolute atomic E-state index is 0.0231. The van der Waals surface area contributed by atoms with Crippen LogP contribution in [-0.4, -0.2) is 35.7 Å². The lowest BCUT2D eigenvalue weighted by molar-refractivity contribution is -0.121. The minimum Gasteiger partial charge on any atom is -0.339 e. The summed E-state index contributed by atoms with van der Waals surface area (Å²) in [6.45, 7) is 6.60. The largest absolute Gasteiger partial charge is 0.339 e. The molecule has 0 spiro atoms. The summed E-state index contributed by atoms with van der Waals surface area (Å²) < 4.78 is 0. The van der Waals surface area contributed by atoms with Crippen LogP contribution in [0.5, 0.6) is 0 Å². The first-order valence-corrected chi connectivity index (χ1v) is 9.88. The van der Waals surface area contributed by atoms with Gasteiger partial charge in [-0.2, -0.15) is 0 Å². The summed E-state index contributed by atoms with van der Waals surface area (Å²) in [5.41, 5.74) is 4.26. The van der Waals surface area contributed by atoms with Crippen LogP contribution in [0, 0.1) is 19.8 Å². The molecule has 2 aromatic rings. The normalized spacial score (nSPS) is 14.4. The summed E-state index contributed by atoms with van der Waals surface area (Å²) in [7, 11) is 0. The summed E-state index contributed by atoms with van der Waals surface area (Å²) in [4.78, 5) is 38.4. The van der Waals surface area contributed by atoms with Gasteiger partial charge in [0.05, 0.1) is 0 Å². The Morgan fingerprint density at radius 3 is 2.17 bits per heavy atom. The summed E-state index contributed by atoms with van der Waals surface area (Å²) in [5.74, 6) is -0.323. The van der Waals surface area contributed by atoms with Crippen LogP contribution in [0.25, 0.3) is 0 Å². The van der Waals surface area contributed by atoms with E-state index in [1.807, 2.05) is 36.9 Å². The van der Waals surface area contributed by atoms with Crippen LogP contribution < -0.4 is 10.6 Å². The maximum atomic E-state index is 12.7. The zero-order chi connectivity index (χ0) is 21.0. The molecule has 1 heterocycles. The highest BCUT2D eigenvalue weighted by Gasteiger charge is 2.28. The second-order valence-electron chi connectivity index (χ2n) is 7.62. The number of aryl methyl sites for hydroxylation is 2. The Balaban J connectivity index is 1.56.